The van der Waals surface area contributed by atoms with Crippen molar-refractivity contribution in [3.63, 3.8) is 0 Å². The fourth-order valence-electron chi connectivity index (χ4n) is 0.709. The smallest absolute Gasteiger partial charge is 0.161 e. The second-order valence-electron chi connectivity index (χ2n) is 2.60. The Morgan fingerprint density at radius 1 is 1.36 bits per heavy atom. The summed E-state index contributed by atoms with van der Waals surface area (Å²) in [4.78, 5) is 12.8. The summed E-state index contributed by atoms with van der Waals surface area (Å²) >= 11 is 0. The zero-order valence-electron chi connectivity index (χ0n) is 7.59. The van der Waals surface area contributed by atoms with Crippen molar-refractivity contribution in [2.75, 3.05) is 14.1 Å². The minimum absolute atomic E-state index is 0.0943. The Balaban J connectivity index is 4.46. The van der Waals surface area contributed by atoms with Gasteiger partial charge in [-0.25, -0.2) is 0 Å². The number of rotatable bonds is 3. The van der Waals surface area contributed by atoms with Gasteiger partial charge in [0.05, 0.1) is 0 Å². The number of ketones is 1. The largest absolute Gasteiger partial charge is 0.383 e. The van der Waals surface area contributed by atoms with Gasteiger partial charge in [-0.15, -0.1) is 0 Å². The van der Waals surface area contributed by atoms with Crippen LogP contribution in [0.15, 0.2) is 23.9 Å². The van der Waals surface area contributed by atoms with Crippen LogP contribution in [0.4, 0.5) is 0 Å². The molecule has 0 aromatic carbocycles. The van der Waals surface area contributed by atoms with Crippen LogP contribution in [0.3, 0.4) is 0 Å². The van der Waals surface area contributed by atoms with Gasteiger partial charge in [0.25, 0.3) is 0 Å². The van der Waals surface area contributed by atoms with E-state index in [1.807, 2.05) is 44.3 Å². The normalized spacial score (nSPS) is 12.2. The second kappa shape index (κ2) is 4.72. The maximum Gasteiger partial charge on any atom is 0.161 e. The predicted octanol–water partition coefficient (Wildman–Crippen LogP) is 1.60. The van der Waals surface area contributed by atoms with Crippen molar-refractivity contribution >= 4 is 5.78 Å². The van der Waals surface area contributed by atoms with E-state index in [-0.39, 0.29) is 5.78 Å². The van der Waals surface area contributed by atoms with Gasteiger partial charge >= 0.3 is 0 Å². The fraction of sp³-hybridized carbons (Fsp3) is 0.444. The van der Waals surface area contributed by atoms with Crippen molar-refractivity contribution in [3.05, 3.63) is 23.9 Å². The van der Waals surface area contributed by atoms with E-state index < -0.39 is 0 Å². The molecule has 0 aliphatic rings. The van der Waals surface area contributed by atoms with E-state index in [0.29, 0.717) is 0 Å². The maximum atomic E-state index is 10.9. The minimum atomic E-state index is 0.0943. The van der Waals surface area contributed by atoms with Crippen LogP contribution in [-0.4, -0.2) is 24.8 Å². The molecule has 0 heterocycles. The van der Waals surface area contributed by atoms with Crippen LogP contribution in [0.5, 0.6) is 0 Å². The van der Waals surface area contributed by atoms with Crippen molar-refractivity contribution in [3.8, 4) is 0 Å². The molecule has 11 heavy (non-hydrogen) atoms. The summed E-state index contributed by atoms with van der Waals surface area (Å²) < 4.78 is 0. The molecule has 0 unspecified atom stereocenters. The summed E-state index contributed by atoms with van der Waals surface area (Å²) in [7, 11) is 3.79. The van der Waals surface area contributed by atoms with Gasteiger partial charge in [-0.1, -0.05) is 12.2 Å². The highest BCUT2D eigenvalue weighted by atomic mass is 16.1. The molecule has 0 saturated heterocycles. The van der Waals surface area contributed by atoms with E-state index in [1.165, 1.54) is 0 Å². The molecule has 0 aliphatic heterocycles. The lowest BCUT2D eigenvalue weighted by atomic mass is 10.2. The average molecular weight is 153 g/mol. The molecule has 0 atom stereocenters. The lowest BCUT2D eigenvalue weighted by molar-refractivity contribution is -0.113. The highest BCUT2D eigenvalue weighted by Gasteiger charge is 1.97. The average Bonchev–Trinajstić information content (AvgIpc) is 1.86. The van der Waals surface area contributed by atoms with Gasteiger partial charge in [-0.05, 0) is 13.8 Å². The van der Waals surface area contributed by atoms with Crippen molar-refractivity contribution in [2.45, 2.75) is 13.8 Å². The molecule has 0 bridgehead atoms. The van der Waals surface area contributed by atoms with E-state index in [9.17, 15) is 4.79 Å². The van der Waals surface area contributed by atoms with E-state index in [0.717, 1.165) is 5.57 Å². The zero-order chi connectivity index (χ0) is 8.85. The Kier molecular flexibility index (Phi) is 4.27. The van der Waals surface area contributed by atoms with Crippen LogP contribution in [0.2, 0.25) is 0 Å². The number of carbonyl (C=O) groups is 1. The van der Waals surface area contributed by atoms with Crippen molar-refractivity contribution in [1.82, 2.24) is 4.90 Å². The van der Waals surface area contributed by atoms with Crippen molar-refractivity contribution in [2.24, 2.45) is 0 Å². The highest BCUT2D eigenvalue weighted by molar-refractivity contribution is 5.95. The first-order chi connectivity index (χ1) is 5.07. The molecule has 0 aromatic heterocycles. The number of nitrogens with zero attached hydrogens (tertiary/aromatic N) is 1. The van der Waals surface area contributed by atoms with E-state index in [2.05, 4.69) is 0 Å². The fourth-order valence-corrected chi connectivity index (χ4v) is 0.709. The van der Waals surface area contributed by atoms with Gasteiger partial charge in [0, 0.05) is 25.9 Å². The van der Waals surface area contributed by atoms with Crippen LogP contribution in [0.25, 0.3) is 0 Å². The number of allylic oxidation sites excluding steroid dienone is 3. The van der Waals surface area contributed by atoms with E-state index in [4.69, 9.17) is 0 Å². The van der Waals surface area contributed by atoms with Gasteiger partial charge in [-0.3, -0.25) is 4.79 Å². The Bertz CT molecular complexity index is 190. The molecule has 0 amide bonds. The first-order valence-electron chi connectivity index (χ1n) is 3.59. The Morgan fingerprint density at radius 3 is 2.18 bits per heavy atom. The molecule has 2 heteroatoms. The molecular formula is C9H15NO. The summed E-state index contributed by atoms with van der Waals surface area (Å²) in [6.45, 7) is 3.46. The van der Waals surface area contributed by atoms with Crippen LogP contribution >= 0.6 is 0 Å². The Labute approximate surface area is 68.2 Å². The van der Waals surface area contributed by atoms with Gasteiger partial charge in [0.15, 0.2) is 5.78 Å². The number of hydrogen-bond donors (Lipinski definition) is 0. The van der Waals surface area contributed by atoms with Crippen molar-refractivity contribution < 1.29 is 4.79 Å². The SMILES string of the molecule is C/C=C\C(=C/N(C)C)C(C)=O. The third kappa shape index (κ3) is 4.37. The summed E-state index contributed by atoms with van der Waals surface area (Å²) in [5, 5.41) is 0. The summed E-state index contributed by atoms with van der Waals surface area (Å²) in [5.41, 5.74) is 0.734. The molecule has 0 aliphatic carbocycles. The number of carbonyl (C=O) groups excluding carboxylic acids is 1. The van der Waals surface area contributed by atoms with E-state index >= 15 is 0 Å². The Morgan fingerprint density at radius 2 is 1.91 bits per heavy atom. The van der Waals surface area contributed by atoms with Gasteiger partial charge in [0.1, 0.15) is 0 Å². The van der Waals surface area contributed by atoms with Gasteiger partial charge in [0.2, 0.25) is 0 Å². The van der Waals surface area contributed by atoms with Gasteiger partial charge in [-0.2, -0.15) is 0 Å². The maximum absolute atomic E-state index is 10.9. The second-order valence-corrected chi connectivity index (χ2v) is 2.60. The third-order valence-electron chi connectivity index (χ3n) is 1.15. The zero-order valence-corrected chi connectivity index (χ0v) is 7.59. The van der Waals surface area contributed by atoms with Crippen LogP contribution in [-0.2, 0) is 4.79 Å². The molecule has 0 radical (unpaired) electrons. The lowest BCUT2D eigenvalue weighted by Gasteiger charge is -2.05. The molecule has 2 nitrogen and oxygen atoms in total. The van der Waals surface area contributed by atoms with Gasteiger partial charge < -0.3 is 4.90 Å². The summed E-state index contributed by atoms with van der Waals surface area (Å²) in [6.07, 6.45) is 5.47. The number of hydrogen-bond acceptors (Lipinski definition) is 2. The minimum Gasteiger partial charge on any atom is -0.383 e. The predicted molar refractivity (Wildman–Crippen MR) is 47.3 cm³/mol. The molecule has 0 rings (SSSR count). The molecule has 62 valence electrons. The molecular weight excluding hydrogens is 138 g/mol. The lowest BCUT2D eigenvalue weighted by Crippen LogP contribution is -2.05. The summed E-state index contributed by atoms with van der Waals surface area (Å²) in [6, 6.07) is 0. The molecule has 0 N–H and O–H groups in total. The third-order valence-corrected chi connectivity index (χ3v) is 1.15. The Hall–Kier alpha value is -1.05. The topological polar surface area (TPSA) is 20.3 Å². The molecule has 0 fully saturated rings. The van der Waals surface area contributed by atoms with E-state index in [1.54, 1.807) is 6.92 Å². The monoisotopic (exact) mass is 153 g/mol. The molecule has 0 aromatic rings. The quantitative estimate of drug-likeness (QED) is 0.453. The summed E-state index contributed by atoms with van der Waals surface area (Å²) in [5.74, 6) is 0.0943. The molecule has 0 saturated carbocycles. The first-order valence-corrected chi connectivity index (χ1v) is 3.59. The highest BCUT2D eigenvalue weighted by Crippen LogP contribution is 1.99. The van der Waals surface area contributed by atoms with Crippen LogP contribution < -0.4 is 0 Å². The molecule has 0 spiro atoms. The standard InChI is InChI=1S/C9H15NO/c1-5-6-9(8(2)11)7-10(3)4/h5-7H,1-4H3/b6-5-,9-7+. The first kappa shape index (κ1) is 9.95. The van der Waals surface area contributed by atoms with Crippen molar-refractivity contribution in [1.29, 1.82) is 0 Å². The van der Waals surface area contributed by atoms with Crippen LogP contribution in [0, 0.1) is 0 Å². The van der Waals surface area contributed by atoms with Crippen LogP contribution in [0.1, 0.15) is 13.8 Å². The number of Topliss-reactive ketones (excluding diaryl/α,β-unsaturated/α-hetero) is 1.